The molecule has 3 N–H and O–H groups in total. The van der Waals surface area contributed by atoms with Crippen LogP contribution in [0.25, 0.3) is 0 Å². The Morgan fingerprint density at radius 2 is 1.84 bits per heavy atom. The lowest BCUT2D eigenvalue weighted by Gasteiger charge is -2.25. The van der Waals surface area contributed by atoms with Crippen molar-refractivity contribution in [2.45, 2.75) is 52.5 Å². The number of carboxylic acids is 1. The molecule has 0 heterocycles. The van der Waals surface area contributed by atoms with Gasteiger partial charge in [-0.1, -0.05) is 12.5 Å². The highest BCUT2D eigenvalue weighted by atomic mass is 16.4. The van der Waals surface area contributed by atoms with Crippen molar-refractivity contribution in [2.75, 3.05) is 5.32 Å². The number of aliphatic carboxylic acids is 1. The van der Waals surface area contributed by atoms with Gasteiger partial charge in [-0.2, -0.15) is 0 Å². The van der Waals surface area contributed by atoms with Crippen molar-refractivity contribution in [3.8, 4) is 0 Å². The van der Waals surface area contributed by atoms with Gasteiger partial charge in [-0.05, 0) is 57.7 Å². The maximum Gasteiger partial charge on any atom is 0.306 e. The zero-order valence-electron chi connectivity index (χ0n) is 15.0. The number of carbonyl (C=O) groups excluding carboxylic acids is 2. The minimum absolute atomic E-state index is 0.0281. The van der Waals surface area contributed by atoms with Crippen LogP contribution in [0.15, 0.2) is 18.2 Å². The summed E-state index contributed by atoms with van der Waals surface area (Å²) >= 11 is 0. The molecule has 1 aliphatic rings. The Balaban J connectivity index is 2.08. The predicted molar refractivity (Wildman–Crippen MR) is 95.5 cm³/mol. The number of carbonyl (C=O) groups is 3. The van der Waals surface area contributed by atoms with Gasteiger partial charge >= 0.3 is 5.97 Å². The molecule has 0 aromatic heterocycles. The van der Waals surface area contributed by atoms with Crippen LogP contribution in [0.1, 0.15) is 55.5 Å². The summed E-state index contributed by atoms with van der Waals surface area (Å²) in [5.41, 5.74) is 1.92. The first kappa shape index (κ1) is 19.0. The Kier molecular flexibility index (Phi) is 6.17. The van der Waals surface area contributed by atoms with Gasteiger partial charge < -0.3 is 15.7 Å². The number of aryl methyl sites for hydroxylation is 1. The van der Waals surface area contributed by atoms with Gasteiger partial charge in [0.05, 0.1) is 5.92 Å². The zero-order chi connectivity index (χ0) is 18.6. The van der Waals surface area contributed by atoms with Gasteiger partial charge in [0.25, 0.3) is 5.91 Å². The number of rotatable bonds is 5. The van der Waals surface area contributed by atoms with E-state index in [0.717, 1.165) is 12.0 Å². The molecule has 2 unspecified atom stereocenters. The van der Waals surface area contributed by atoms with Gasteiger partial charge in [-0.15, -0.1) is 0 Å². The van der Waals surface area contributed by atoms with Crippen LogP contribution in [-0.4, -0.2) is 28.9 Å². The summed E-state index contributed by atoms with van der Waals surface area (Å²) in [5.74, 6) is -1.93. The van der Waals surface area contributed by atoms with Crippen LogP contribution in [0.4, 0.5) is 5.69 Å². The average molecular weight is 346 g/mol. The van der Waals surface area contributed by atoms with Crippen molar-refractivity contribution in [3.63, 3.8) is 0 Å². The topological polar surface area (TPSA) is 95.5 Å². The molecule has 1 aromatic rings. The maximum atomic E-state index is 12.5. The Morgan fingerprint density at radius 1 is 1.16 bits per heavy atom. The normalized spacial score (nSPS) is 20.2. The van der Waals surface area contributed by atoms with E-state index in [1.54, 1.807) is 18.2 Å². The number of anilines is 1. The summed E-state index contributed by atoms with van der Waals surface area (Å²) in [6, 6.07) is 5.26. The minimum atomic E-state index is -0.833. The van der Waals surface area contributed by atoms with Crippen LogP contribution in [0, 0.1) is 18.8 Å². The van der Waals surface area contributed by atoms with E-state index in [0.29, 0.717) is 30.5 Å². The first-order valence-corrected chi connectivity index (χ1v) is 8.73. The summed E-state index contributed by atoms with van der Waals surface area (Å²) in [5, 5.41) is 14.8. The third-order valence-electron chi connectivity index (χ3n) is 4.56. The summed E-state index contributed by atoms with van der Waals surface area (Å²) in [4.78, 5) is 35.9. The van der Waals surface area contributed by atoms with Crippen LogP contribution >= 0.6 is 0 Å². The number of amides is 2. The lowest BCUT2D eigenvalue weighted by atomic mass is 9.81. The molecule has 2 atom stereocenters. The molecule has 2 amide bonds. The number of hydrogen-bond acceptors (Lipinski definition) is 3. The maximum absolute atomic E-state index is 12.5. The van der Waals surface area contributed by atoms with Crippen molar-refractivity contribution in [1.82, 2.24) is 5.32 Å². The molecule has 6 nitrogen and oxygen atoms in total. The van der Waals surface area contributed by atoms with E-state index >= 15 is 0 Å². The molecule has 1 aliphatic carbocycles. The van der Waals surface area contributed by atoms with Crippen molar-refractivity contribution in [2.24, 2.45) is 11.8 Å². The van der Waals surface area contributed by atoms with Crippen LogP contribution < -0.4 is 10.6 Å². The third kappa shape index (κ3) is 5.05. The largest absolute Gasteiger partial charge is 0.481 e. The predicted octanol–water partition coefficient (Wildman–Crippen LogP) is 2.96. The first-order chi connectivity index (χ1) is 11.8. The molecule has 0 radical (unpaired) electrons. The van der Waals surface area contributed by atoms with Crippen LogP contribution in [-0.2, 0) is 9.59 Å². The number of carboxylic acid groups (broad SMARTS) is 1. The Morgan fingerprint density at radius 3 is 2.48 bits per heavy atom. The minimum Gasteiger partial charge on any atom is -0.481 e. The first-order valence-electron chi connectivity index (χ1n) is 8.73. The zero-order valence-corrected chi connectivity index (χ0v) is 15.0. The van der Waals surface area contributed by atoms with Gasteiger partial charge in [-0.25, -0.2) is 0 Å². The Hall–Kier alpha value is -2.37. The standard InChI is InChI=1S/C19H26N2O4/c1-11(2)20-18(23)16-10-15(8-7-12(16)3)21-17(22)13-5-4-6-14(9-13)19(24)25/h7-8,10-11,13-14H,4-6,9H2,1-3H3,(H,20,23)(H,21,22)(H,24,25). The van der Waals surface area contributed by atoms with E-state index in [1.165, 1.54) is 0 Å². The highest BCUT2D eigenvalue weighted by Crippen LogP contribution is 2.30. The fourth-order valence-corrected chi connectivity index (χ4v) is 3.18. The highest BCUT2D eigenvalue weighted by molar-refractivity contribution is 5.99. The van der Waals surface area contributed by atoms with Crippen molar-refractivity contribution < 1.29 is 19.5 Å². The fraction of sp³-hybridized carbons (Fsp3) is 0.526. The molecular formula is C19H26N2O4. The molecule has 2 rings (SSSR count). The van der Waals surface area contributed by atoms with E-state index in [2.05, 4.69) is 10.6 Å². The van der Waals surface area contributed by atoms with Gasteiger partial charge in [-0.3, -0.25) is 14.4 Å². The Labute approximate surface area is 148 Å². The molecule has 1 fully saturated rings. The third-order valence-corrected chi connectivity index (χ3v) is 4.56. The average Bonchev–Trinajstić information content (AvgIpc) is 2.56. The molecular weight excluding hydrogens is 320 g/mol. The SMILES string of the molecule is Cc1ccc(NC(=O)C2CCCC(C(=O)O)C2)cc1C(=O)NC(C)C. The fourth-order valence-electron chi connectivity index (χ4n) is 3.18. The number of hydrogen-bond donors (Lipinski definition) is 3. The monoisotopic (exact) mass is 346 g/mol. The summed E-state index contributed by atoms with van der Waals surface area (Å²) in [7, 11) is 0. The summed E-state index contributed by atoms with van der Waals surface area (Å²) in [6.07, 6.45) is 2.43. The lowest BCUT2D eigenvalue weighted by Crippen LogP contribution is -2.32. The number of nitrogens with one attached hydrogen (secondary N) is 2. The quantitative estimate of drug-likeness (QED) is 0.764. The second-order valence-corrected chi connectivity index (χ2v) is 7.05. The molecule has 0 bridgehead atoms. The van der Waals surface area contributed by atoms with Crippen molar-refractivity contribution >= 4 is 23.5 Å². The van der Waals surface area contributed by atoms with Crippen LogP contribution in [0.2, 0.25) is 0 Å². The molecule has 0 saturated heterocycles. The summed E-state index contributed by atoms with van der Waals surface area (Å²) < 4.78 is 0. The van der Waals surface area contributed by atoms with E-state index in [1.807, 2.05) is 20.8 Å². The highest BCUT2D eigenvalue weighted by Gasteiger charge is 2.31. The molecule has 136 valence electrons. The van der Waals surface area contributed by atoms with E-state index < -0.39 is 11.9 Å². The number of benzene rings is 1. The van der Waals surface area contributed by atoms with Gasteiger partial charge in [0.2, 0.25) is 5.91 Å². The molecule has 1 aromatic carbocycles. The van der Waals surface area contributed by atoms with Crippen LogP contribution in [0.3, 0.4) is 0 Å². The van der Waals surface area contributed by atoms with Crippen LogP contribution in [0.5, 0.6) is 0 Å². The molecule has 6 heteroatoms. The second kappa shape index (κ2) is 8.14. The van der Waals surface area contributed by atoms with Gasteiger partial charge in [0, 0.05) is 23.2 Å². The van der Waals surface area contributed by atoms with E-state index in [4.69, 9.17) is 5.11 Å². The van der Waals surface area contributed by atoms with E-state index in [9.17, 15) is 14.4 Å². The van der Waals surface area contributed by atoms with Crippen molar-refractivity contribution in [3.05, 3.63) is 29.3 Å². The van der Waals surface area contributed by atoms with Gasteiger partial charge in [0.15, 0.2) is 0 Å². The molecule has 25 heavy (non-hydrogen) atoms. The Bertz CT molecular complexity index is 669. The molecule has 0 spiro atoms. The summed E-state index contributed by atoms with van der Waals surface area (Å²) in [6.45, 7) is 5.63. The van der Waals surface area contributed by atoms with Crippen molar-refractivity contribution in [1.29, 1.82) is 0 Å². The van der Waals surface area contributed by atoms with E-state index in [-0.39, 0.29) is 23.8 Å². The smallest absolute Gasteiger partial charge is 0.306 e. The lowest BCUT2D eigenvalue weighted by molar-refractivity contribution is -0.143. The van der Waals surface area contributed by atoms with Gasteiger partial charge in [0.1, 0.15) is 0 Å². The molecule has 1 saturated carbocycles. The second-order valence-electron chi connectivity index (χ2n) is 7.05. The molecule has 0 aliphatic heterocycles.